The van der Waals surface area contributed by atoms with E-state index in [0.717, 1.165) is 0 Å². The lowest BCUT2D eigenvalue weighted by molar-refractivity contribution is 0.111. The molecule has 0 unspecified atom stereocenters. The van der Waals surface area contributed by atoms with Gasteiger partial charge in [0, 0.05) is 7.05 Å². The Bertz CT molecular complexity index is 428. The predicted octanol–water partition coefficient (Wildman–Crippen LogP) is 1.54. The van der Waals surface area contributed by atoms with Gasteiger partial charge in [0.25, 0.3) is 0 Å². The largest absolute Gasteiger partial charge is 0.463 e. The van der Waals surface area contributed by atoms with E-state index in [1.807, 2.05) is 30.3 Å². The molecule has 1 aliphatic rings. The summed E-state index contributed by atoms with van der Waals surface area (Å²) in [7, 11) is 1.77. The molecule has 0 radical (unpaired) electrons. The molecule has 16 heavy (non-hydrogen) atoms. The van der Waals surface area contributed by atoms with Crippen molar-refractivity contribution >= 4 is 11.4 Å². The molecule has 1 N–H and O–H groups in total. The highest BCUT2D eigenvalue weighted by atomic mass is 16.5. The molecule has 1 aromatic carbocycles. The Morgan fingerprint density at radius 1 is 1.38 bits per heavy atom. The van der Waals surface area contributed by atoms with Gasteiger partial charge in [0.1, 0.15) is 5.75 Å². The average molecular weight is 219 g/mol. The Morgan fingerprint density at radius 3 is 2.69 bits per heavy atom. The zero-order chi connectivity index (χ0) is 11.5. The van der Waals surface area contributed by atoms with Gasteiger partial charge in [-0.05, 0) is 19.1 Å². The van der Waals surface area contributed by atoms with E-state index in [1.165, 1.54) is 0 Å². The lowest BCUT2D eigenvalue weighted by Gasteiger charge is -2.20. The van der Waals surface area contributed by atoms with E-state index in [-0.39, 0.29) is 0 Å². The van der Waals surface area contributed by atoms with Crippen LogP contribution in [0.25, 0.3) is 0 Å². The molecule has 1 aromatic rings. The highest BCUT2D eigenvalue weighted by molar-refractivity contribution is 6.44. The van der Waals surface area contributed by atoms with Gasteiger partial charge in [-0.2, -0.15) is 5.10 Å². The summed E-state index contributed by atoms with van der Waals surface area (Å²) in [6.45, 7) is 1.78. The van der Waals surface area contributed by atoms with Crippen molar-refractivity contribution < 1.29 is 9.94 Å². The second kappa shape index (κ2) is 4.22. The molecule has 1 atom stereocenters. The highest BCUT2D eigenvalue weighted by Crippen LogP contribution is 2.17. The monoisotopic (exact) mass is 219 g/mol. The molecule has 0 aromatic heterocycles. The molecule has 1 aliphatic heterocycles. The number of hydrogen-bond acceptors (Lipinski definition) is 5. The van der Waals surface area contributed by atoms with Gasteiger partial charge in [-0.1, -0.05) is 23.4 Å². The molecule has 0 bridgehead atoms. The van der Waals surface area contributed by atoms with Gasteiger partial charge >= 0.3 is 0 Å². The number of rotatable bonds is 2. The number of benzene rings is 1. The summed E-state index contributed by atoms with van der Waals surface area (Å²) in [5.74, 6) is 0.713. The molecule has 0 aliphatic carbocycles. The second-order valence-electron chi connectivity index (χ2n) is 3.53. The van der Waals surface area contributed by atoms with Crippen LogP contribution in [-0.4, -0.2) is 34.9 Å². The quantitative estimate of drug-likeness (QED) is 0.606. The van der Waals surface area contributed by atoms with Crippen molar-refractivity contribution in [1.82, 2.24) is 5.01 Å². The van der Waals surface area contributed by atoms with Gasteiger partial charge in [-0.25, -0.2) is 0 Å². The van der Waals surface area contributed by atoms with Crippen LogP contribution in [0.15, 0.2) is 40.6 Å². The van der Waals surface area contributed by atoms with Crippen molar-refractivity contribution in [2.45, 2.75) is 13.2 Å². The Morgan fingerprint density at radius 2 is 2.06 bits per heavy atom. The highest BCUT2D eigenvalue weighted by Gasteiger charge is 2.31. The van der Waals surface area contributed by atoms with Crippen LogP contribution < -0.4 is 4.74 Å². The van der Waals surface area contributed by atoms with Crippen molar-refractivity contribution in [2.24, 2.45) is 10.3 Å². The van der Waals surface area contributed by atoms with Crippen molar-refractivity contribution in [3.8, 4) is 5.75 Å². The molecule has 0 saturated carbocycles. The van der Waals surface area contributed by atoms with E-state index in [1.54, 1.807) is 19.0 Å². The number of oxime groups is 1. The number of nitrogens with zero attached hydrogens (tertiary/aromatic N) is 3. The minimum absolute atomic E-state index is 0.436. The summed E-state index contributed by atoms with van der Waals surface area (Å²) in [5, 5.41) is 17.9. The summed E-state index contributed by atoms with van der Waals surface area (Å²) in [4.78, 5) is 0. The smallest absolute Gasteiger partial charge is 0.235 e. The fourth-order valence-electron chi connectivity index (χ4n) is 1.58. The Hall–Kier alpha value is -2.04. The molecule has 84 valence electrons. The molecule has 5 nitrogen and oxygen atoms in total. The minimum Gasteiger partial charge on any atom is -0.463 e. The maximum absolute atomic E-state index is 8.90. The van der Waals surface area contributed by atoms with Crippen LogP contribution in [0.5, 0.6) is 5.75 Å². The Kier molecular flexibility index (Phi) is 2.76. The minimum atomic E-state index is -0.465. The normalized spacial score (nSPS) is 22.4. The zero-order valence-corrected chi connectivity index (χ0v) is 9.16. The van der Waals surface area contributed by atoms with Crippen LogP contribution >= 0.6 is 0 Å². The molecule has 5 heteroatoms. The van der Waals surface area contributed by atoms with E-state index >= 15 is 0 Å². The fraction of sp³-hybridized carbons (Fsp3) is 0.273. The predicted molar refractivity (Wildman–Crippen MR) is 61.0 cm³/mol. The van der Waals surface area contributed by atoms with Crippen molar-refractivity contribution in [2.75, 3.05) is 7.05 Å². The van der Waals surface area contributed by atoms with Crippen LogP contribution in [0.1, 0.15) is 6.92 Å². The molecule has 0 spiro atoms. The Labute approximate surface area is 93.6 Å². The lowest BCUT2D eigenvalue weighted by Crippen LogP contribution is -2.36. The molecular formula is C11H13N3O2. The van der Waals surface area contributed by atoms with Crippen LogP contribution in [-0.2, 0) is 0 Å². The number of hydrogen-bond donors (Lipinski definition) is 1. The van der Waals surface area contributed by atoms with E-state index in [0.29, 0.717) is 17.2 Å². The van der Waals surface area contributed by atoms with Crippen molar-refractivity contribution in [3.63, 3.8) is 0 Å². The summed E-state index contributed by atoms with van der Waals surface area (Å²) in [6, 6.07) is 9.36. The van der Waals surface area contributed by atoms with Gasteiger partial charge in [-0.15, -0.1) is 0 Å². The Balaban J connectivity index is 2.17. The average Bonchev–Trinajstić information content (AvgIpc) is 2.55. The first-order valence-electron chi connectivity index (χ1n) is 4.94. The van der Waals surface area contributed by atoms with Gasteiger partial charge in [0.2, 0.25) is 6.23 Å². The second-order valence-corrected chi connectivity index (χ2v) is 3.53. The fourth-order valence-corrected chi connectivity index (χ4v) is 1.58. The van der Waals surface area contributed by atoms with E-state index in [9.17, 15) is 0 Å². The maximum Gasteiger partial charge on any atom is 0.235 e. The molecular weight excluding hydrogens is 206 g/mol. The summed E-state index contributed by atoms with van der Waals surface area (Å²) >= 11 is 0. The zero-order valence-electron chi connectivity index (χ0n) is 9.16. The maximum atomic E-state index is 8.90. The SMILES string of the molecule is CC1=NN(C)[C@H](Oc2ccccc2)/C1=N\O. The van der Waals surface area contributed by atoms with Gasteiger partial charge in [0.15, 0.2) is 5.71 Å². The van der Waals surface area contributed by atoms with Crippen LogP contribution in [0.3, 0.4) is 0 Å². The third kappa shape index (κ3) is 1.84. The first-order chi connectivity index (χ1) is 7.72. The van der Waals surface area contributed by atoms with Gasteiger partial charge < -0.3 is 9.94 Å². The summed E-state index contributed by atoms with van der Waals surface area (Å²) < 4.78 is 5.68. The molecule has 0 saturated heterocycles. The van der Waals surface area contributed by atoms with Crippen LogP contribution in [0, 0.1) is 0 Å². The van der Waals surface area contributed by atoms with Crippen LogP contribution in [0.4, 0.5) is 0 Å². The van der Waals surface area contributed by atoms with E-state index in [4.69, 9.17) is 9.94 Å². The molecule has 2 rings (SSSR count). The third-order valence-electron chi connectivity index (χ3n) is 2.35. The molecule has 1 heterocycles. The number of hydrazone groups is 1. The van der Waals surface area contributed by atoms with Crippen molar-refractivity contribution in [1.29, 1.82) is 0 Å². The standard InChI is InChI=1S/C11H13N3O2/c1-8-10(13-15)11(14(2)12-8)16-9-6-4-3-5-7-9/h3-7,11,15H,1-2H3/b13-10-/t11-/m1/s1. The van der Waals surface area contributed by atoms with E-state index < -0.39 is 6.23 Å². The van der Waals surface area contributed by atoms with Crippen LogP contribution in [0.2, 0.25) is 0 Å². The summed E-state index contributed by atoms with van der Waals surface area (Å²) in [5.41, 5.74) is 1.09. The van der Waals surface area contributed by atoms with Gasteiger partial charge in [-0.3, -0.25) is 5.01 Å². The number of para-hydroxylation sites is 1. The lowest BCUT2D eigenvalue weighted by atomic mass is 10.2. The molecule has 0 amide bonds. The van der Waals surface area contributed by atoms with E-state index in [2.05, 4.69) is 10.3 Å². The summed E-state index contributed by atoms with van der Waals surface area (Å²) in [6.07, 6.45) is -0.465. The van der Waals surface area contributed by atoms with Gasteiger partial charge in [0.05, 0.1) is 5.71 Å². The number of ether oxygens (including phenoxy) is 1. The first-order valence-corrected chi connectivity index (χ1v) is 4.94. The topological polar surface area (TPSA) is 57.4 Å². The third-order valence-corrected chi connectivity index (χ3v) is 2.35. The molecule has 0 fully saturated rings. The first kappa shape index (κ1) is 10.5. The van der Waals surface area contributed by atoms with Crippen molar-refractivity contribution in [3.05, 3.63) is 30.3 Å².